The van der Waals surface area contributed by atoms with Crippen LogP contribution in [0.1, 0.15) is 36.8 Å². The van der Waals surface area contributed by atoms with Crippen LogP contribution in [-0.4, -0.2) is 80.5 Å². The summed E-state index contributed by atoms with van der Waals surface area (Å²) in [5, 5.41) is 12.1. The number of hydrogen-bond acceptors (Lipinski definition) is 8. The van der Waals surface area contributed by atoms with Crippen molar-refractivity contribution >= 4 is 37.6 Å². The van der Waals surface area contributed by atoms with Crippen molar-refractivity contribution in [1.29, 1.82) is 5.41 Å². The molecule has 0 radical (unpaired) electrons. The molecule has 15 heteroatoms. The lowest BCUT2D eigenvalue weighted by Gasteiger charge is -2.47. The van der Waals surface area contributed by atoms with Crippen LogP contribution in [0.2, 0.25) is 0 Å². The predicted molar refractivity (Wildman–Crippen MR) is 141 cm³/mol. The van der Waals surface area contributed by atoms with Crippen LogP contribution in [0.15, 0.2) is 36.5 Å². The number of anilines is 1. The lowest BCUT2D eigenvalue weighted by molar-refractivity contribution is 0.102. The molecule has 0 aliphatic carbocycles. The van der Waals surface area contributed by atoms with E-state index < -0.39 is 55.1 Å². The minimum absolute atomic E-state index is 0.00707. The maximum Gasteiger partial charge on any atom is 0.274 e. The maximum absolute atomic E-state index is 15.3. The Kier molecular flexibility index (Phi) is 8.33. The largest absolute Gasteiger partial charge is 0.495 e. The number of pyridine rings is 1. The first kappa shape index (κ1) is 29.3. The second kappa shape index (κ2) is 10.8. The molecule has 1 aromatic heterocycles. The van der Waals surface area contributed by atoms with E-state index in [1.165, 1.54) is 45.4 Å². The summed E-state index contributed by atoms with van der Waals surface area (Å²) in [6.45, 7) is 3.91. The van der Waals surface area contributed by atoms with Crippen molar-refractivity contribution in [1.82, 2.24) is 18.9 Å². The normalized spacial score (nSPS) is 21.2. The second-order valence-electron chi connectivity index (χ2n) is 8.76. The summed E-state index contributed by atoms with van der Waals surface area (Å²) < 4.78 is 74.4. The van der Waals surface area contributed by atoms with Crippen LogP contribution < -0.4 is 15.4 Å². The zero-order chi connectivity index (χ0) is 28.5. The number of hydrogen-bond donors (Lipinski definition) is 3. The van der Waals surface area contributed by atoms with Crippen molar-refractivity contribution in [3.63, 3.8) is 0 Å². The highest BCUT2D eigenvalue weighted by Crippen LogP contribution is 2.37. The number of aromatic nitrogens is 1. The molecule has 1 aliphatic rings. The molecule has 2 atom stereocenters. The molecular formula is C23H31FN6O6S2. The summed E-state index contributed by atoms with van der Waals surface area (Å²) in [6.07, 6.45) is 1.36. The molecule has 0 spiro atoms. The summed E-state index contributed by atoms with van der Waals surface area (Å²) >= 11 is 0. The Morgan fingerprint density at radius 2 is 2.00 bits per heavy atom. The van der Waals surface area contributed by atoms with Crippen LogP contribution in [0, 0.1) is 11.2 Å². The van der Waals surface area contributed by atoms with Gasteiger partial charge in [0.25, 0.3) is 5.91 Å². The minimum atomic E-state index is -4.32. The van der Waals surface area contributed by atoms with E-state index in [-0.39, 0.29) is 29.2 Å². The molecule has 38 heavy (non-hydrogen) atoms. The Bertz CT molecular complexity index is 1430. The molecule has 2 aromatic rings. The zero-order valence-electron chi connectivity index (χ0n) is 21.6. The number of carbonyl (C=O) groups excluding carboxylic acids is 1. The Hall–Kier alpha value is -3.30. The standard InChI is InChI=1S/C23H31FN6O6S2/c1-6-30(37(32,33)7-2)14-20-23(3,28-22(25)29(4)38(20,34)35)17-12-15(8-10-18(17)24)27-21(31)19-11-9-16(36-5)13-26-19/h8-13,20H,6-7,14H2,1-5H3,(H2,25,28)(H,27,31)/t20-,23+/m0/s1. The van der Waals surface area contributed by atoms with Gasteiger partial charge in [-0.3, -0.25) is 10.2 Å². The van der Waals surface area contributed by atoms with Gasteiger partial charge in [-0.15, -0.1) is 0 Å². The number of benzene rings is 1. The first-order valence-corrected chi connectivity index (χ1v) is 14.8. The summed E-state index contributed by atoms with van der Waals surface area (Å²) in [7, 11) is -5.49. The number of amides is 1. The van der Waals surface area contributed by atoms with Crippen LogP contribution in [0.4, 0.5) is 10.1 Å². The zero-order valence-corrected chi connectivity index (χ0v) is 23.3. The summed E-state index contributed by atoms with van der Waals surface area (Å²) in [6, 6.07) is 6.61. The monoisotopic (exact) mass is 570 g/mol. The van der Waals surface area contributed by atoms with E-state index in [9.17, 15) is 21.6 Å². The van der Waals surface area contributed by atoms with Gasteiger partial charge in [0.2, 0.25) is 26.0 Å². The van der Waals surface area contributed by atoms with Crippen molar-refractivity contribution < 1.29 is 30.8 Å². The molecule has 3 rings (SSSR count). The van der Waals surface area contributed by atoms with Crippen molar-refractivity contribution in [2.45, 2.75) is 31.6 Å². The van der Waals surface area contributed by atoms with E-state index in [4.69, 9.17) is 10.1 Å². The topological polar surface area (TPSA) is 162 Å². The van der Waals surface area contributed by atoms with Gasteiger partial charge in [-0.05, 0) is 44.2 Å². The summed E-state index contributed by atoms with van der Waals surface area (Å²) in [4.78, 5) is 16.7. The number of sulfonamides is 2. The van der Waals surface area contributed by atoms with E-state index in [1.807, 2.05) is 0 Å². The fraction of sp³-hybridized carbons (Fsp3) is 0.435. The highest BCUT2D eigenvalue weighted by molar-refractivity contribution is 7.90. The molecule has 0 saturated carbocycles. The predicted octanol–water partition coefficient (Wildman–Crippen LogP) is 1.54. The van der Waals surface area contributed by atoms with E-state index in [0.717, 1.165) is 17.4 Å². The Labute approximate surface area is 221 Å². The second-order valence-corrected chi connectivity index (χ2v) is 13.2. The van der Waals surface area contributed by atoms with E-state index in [0.29, 0.717) is 10.1 Å². The number of nitrogens with one attached hydrogen (secondary N) is 3. The van der Waals surface area contributed by atoms with Gasteiger partial charge >= 0.3 is 0 Å². The van der Waals surface area contributed by atoms with Gasteiger partial charge < -0.3 is 15.4 Å². The lowest BCUT2D eigenvalue weighted by Crippen LogP contribution is -2.68. The third-order valence-electron chi connectivity index (χ3n) is 6.55. The van der Waals surface area contributed by atoms with Crippen molar-refractivity contribution in [3.05, 3.63) is 53.6 Å². The van der Waals surface area contributed by atoms with Crippen LogP contribution in [0.3, 0.4) is 0 Å². The van der Waals surface area contributed by atoms with Crippen LogP contribution >= 0.6 is 0 Å². The number of ether oxygens (including phenoxy) is 1. The lowest BCUT2D eigenvalue weighted by atomic mass is 9.87. The Morgan fingerprint density at radius 1 is 1.32 bits per heavy atom. The van der Waals surface area contributed by atoms with Crippen LogP contribution in [0.25, 0.3) is 0 Å². The Morgan fingerprint density at radius 3 is 2.55 bits per heavy atom. The summed E-state index contributed by atoms with van der Waals surface area (Å²) in [5.41, 5.74) is -1.75. The molecule has 2 heterocycles. The van der Waals surface area contributed by atoms with E-state index >= 15 is 4.39 Å². The highest BCUT2D eigenvalue weighted by Gasteiger charge is 2.53. The van der Waals surface area contributed by atoms with Gasteiger partial charge in [-0.25, -0.2) is 34.8 Å². The van der Waals surface area contributed by atoms with Crippen molar-refractivity contribution in [2.24, 2.45) is 0 Å². The highest BCUT2D eigenvalue weighted by atomic mass is 32.2. The van der Waals surface area contributed by atoms with Gasteiger partial charge in [0.15, 0.2) is 0 Å². The average Bonchev–Trinajstić information content (AvgIpc) is 2.88. The van der Waals surface area contributed by atoms with Gasteiger partial charge in [0.1, 0.15) is 22.5 Å². The average molecular weight is 571 g/mol. The molecule has 1 aliphatic heterocycles. The minimum Gasteiger partial charge on any atom is -0.495 e. The Balaban J connectivity index is 2.07. The van der Waals surface area contributed by atoms with Crippen LogP contribution in [-0.2, 0) is 25.6 Å². The SMILES string of the molecule is CCN(C[C@H]1[C@@](C)(c2cc(NC(=O)c3ccc(OC)cn3)ccc2F)NC(=N)N(C)S1(=O)=O)S(=O)(=O)CC. The van der Waals surface area contributed by atoms with E-state index in [1.54, 1.807) is 13.0 Å². The summed E-state index contributed by atoms with van der Waals surface area (Å²) in [5.74, 6) is -1.72. The fourth-order valence-electron chi connectivity index (χ4n) is 4.18. The van der Waals surface area contributed by atoms with Gasteiger partial charge in [0.05, 0.1) is 24.6 Å². The fourth-order valence-corrected chi connectivity index (χ4v) is 7.24. The number of carbonyl (C=O) groups is 1. The van der Waals surface area contributed by atoms with Crippen LogP contribution in [0.5, 0.6) is 5.75 Å². The van der Waals surface area contributed by atoms with Crippen molar-refractivity contribution in [2.75, 3.05) is 38.3 Å². The number of nitrogens with zero attached hydrogens (tertiary/aromatic N) is 3. The molecule has 1 fully saturated rings. The van der Waals surface area contributed by atoms with Gasteiger partial charge in [-0.2, -0.15) is 0 Å². The van der Waals surface area contributed by atoms with Gasteiger partial charge in [0, 0.05) is 31.4 Å². The quantitative estimate of drug-likeness (QED) is 0.409. The number of guanidine groups is 1. The maximum atomic E-state index is 15.3. The molecule has 0 unspecified atom stereocenters. The number of methoxy groups -OCH3 is 1. The van der Waals surface area contributed by atoms with Gasteiger partial charge in [-0.1, -0.05) is 6.92 Å². The molecule has 12 nitrogen and oxygen atoms in total. The number of rotatable bonds is 9. The first-order valence-electron chi connectivity index (χ1n) is 11.6. The molecule has 3 N–H and O–H groups in total. The molecule has 1 saturated heterocycles. The smallest absolute Gasteiger partial charge is 0.274 e. The third-order valence-corrected chi connectivity index (χ3v) is 10.8. The molecule has 1 amide bonds. The molecule has 208 valence electrons. The molecular weight excluding hydrogens is 539 g/mol. The van der Waals surface area contributed by atoms with E-state index in [2.05, 4.69) is 15.6 Å². The third kappa shape index (κ3) is 5.44. The first-order chi connectivity index (χ1) is 17.7. The number of halogens is 1. The molecule has 1 aromatic carbocycles. The molecule has 0 bridgehead atoms. The van der Waals surface area contributed by atoms with Crippen molar-refractivity contribution in [3.8, 4) is 5.75 Å².